The molecule has 0 aliphatic carbocycles. The highest BCUT2D eigenvalue weighted by atomic mass is 32.2. The Labute approximate surface area is 155 Å². The summed E-state index contributed by atoms with van der Waals surface area (Å²) in [4.78, 5) is 25.2. The van der Waals surface area contributed by atoms with Crippen molar-refractivity contribution in [1.29, 1.82) is 0 Å². The van der Waals surface area contributed by atoms with Gasteiger partial charge in [0.25, 0.3) is 5.91 Å². The fraction of sp³-hybridized carbons (Fsp3) is 0.105. The summed E-state index contributed by atoms with van der Waals surface area (Å²) in [6, 6.07) is 17.2. The number of nitrogens with one attached hydrogen (secondary N) is 1. The standard InChI is InChI=1S/C19H16N2O2S2/c1-13-6-5-9-15(10-13)11-16-18(23)21(19(24)25-16)20-17(22)12-14-7-3-2-4-8-14/h2-11H,12H2,1H3,(H,20,22). The number of nitrogens with zero attached hydrogens (tertiary/aromatic N) is 1. The second kappa shape index (κ2) is 7.63. The number of aryl methyl sites for hydroxylation is 1. The van der Waals surface area contributed by atoms with Gasteiger partial charge in [-0.25, -0.2) is 0 Å². The molecule has 0 unspecified atom stereocenters. The van der Waals surface area contributed by atoms with Gasteiger partial charge in [0.2, 0.25) is 5.91 Å². The lowest BCUT2D eigenvalue weighted by Gasteiger charge is -2.15. The van der Waals surface area contributed by atoms with Crippen LogP contribution >= 0.6 is 24.0 Å². The largest absolute Gasteiger partial charge is 0.285 e. The first kappa shape index (κ1) is 17.4. The lowest BCUT2D eigenvalue weighted by atomic mass is 10.1. The van der Waals surface area contributed by atoms with Crippen LogP contribution in [0.4, 0.5) is 0 Å². The summed E-state index contributed by atoms with van der Waals surface area (Å²) in [5.74, 6) is -0.586. The third kappa shape index (κ3) is 4.35. The zero-order valence-electron chi connectivity index (χ0n) is 13.6. The van der Waals surface area contributed by atoms with E-state index in [1.165, 1.54) is 11.8 Å². The molecule has 0 saturated carbocycles. The minimum absolute atomic E-state index is 0.189. The van der Waals surface area contributed by atoms with Gasteiger partial charge in [-0.05, 0) is 36.3 Å². The van der Waals surface area contributed by atoms with Gasteiger partial charge >= 0.3 is 0 Å². The monoisotopic (exact) mass is 368 g/mol. The van der Waals surface area contributed by atoms with Gasteiger partial charge in [0.15, 0.2) is 4.32 Å². The summed E-state index contributed by atoms with van der Waals surface area (Å²) in [5.41, 5.74) is 5.51. The van der Waals surface area contributed by atoms with Crippen LogP contribution in [-0.2, 0) is 16.0 Å². The maximum absolute atomic E-state index is 12.5. The van der Waals surface area contributed by atoms with Gasteiger partial charge in [-0.3, -0.25) is 15.0 Å². The van der Waals surface area contributed by atoms with Gasteiger partial charge in [-0.15, -0.1) is 0 Å². The third-order valence-electron chi connectivity index (χ3n) is 3.58. The number of thioether (sulfide) groups is 1. The highest BCUT2D eigenvalue weighted by molar-refractivity contribution is 8.26. The lowest BCUT2D eigenvalue weighted by Crippen LogP contribution is -2.45. The Morgan fingerprint density at radius 1 is 1.20 bits per heavy atom. The number of hydrazine groups is 1. The quantitative estimate of drug-likeness (QED) is 0.663. The zero-order valence-corrected chi connectivity index (χ0v) is 15.2. The SMILES string of the molecule is Cc1cccc(C=C2SC(=S)N(NC(=O)Cc3ccccc3)C2=O)c1. The molecule has 6 heteroatoms. The van der Waals surface area contributed by atoms with E-state index in [0.29, 0.717) is 9.23 Å². The molecule has 1 N–H and O–H groups in total. The lowest BCUT2D eigenvalue weighted by molar-refractivity contribution is -0.132. The highest BCUT2D eigenvalue weighted by Gasteiger charge is 2.33. The van der Waals surface area contributed by atoms with Gasteiger partial charge < -0.3 is 0 Å². The normalized spacial score (nSPS) is 15.7. The van der Waals surface area contributed by atoms with Crippen LogP contribution in [0.2, 0.25) is 0 Å². The van der Waals surface area contributed by atoms with Gasteiger partial charge in [-0.2, -0.15) is 5.01 Å². The number of rotatable bonds is 4. The molecular formula is C19H16N2O2S2. The molecule has 4 nitrogen and oxygen atoms in total. The van der Waals surface area contributed by atoms with Gasteiger partial charge in [0, 0.05) is 0 Å². The van der Waals surface area contributed by atoms with Crippen molar-refractivity contribution in [2.75, 3.05) is 0 Å². The molecule has 1 heterocycles. The Balaban J connectivity index is 1.70. The first-order chi connectivity index (χ1) is 12.0. The number of carbonyl (C=O) groups is 2. The Bertz CT molecular complexity index is 863. The molecular weight excluding hydrogens is 352 g/mol. The van der Waals surface area contributed by atoms with Crippen LogP contribution in [0, 0.1) is 6.92 Å². The first-order valence-electron chi connectivity index (χ1n) is 7.71. The Morgan fingerprint density at radius 2 is 1.96 bits per heavy atom. The predicted molar refractivity (Wildman–Crippen MR) is 104 cm³/mol. The molecule has 2 amide bonds. The molecule has 3 rings (SSSR count). The van der Waals surface area contributed by atoms with Crippen molar-refractivity contribution in [2.24, 2.45) is 0 Å². The van der Waals surface area contributed by atoms with E-state index in [2.05, 4.69) is 5.43 Å². The van der Waals surface area contributed by atoms with Gasteiger partial charge in [0.05, 0.1) is 11.3 Å². The number of carbonyl (C=O) groups excluding carboxylic acids is 2. The number of benzene rings is 2. The zero-order chi connectivity index (χ0) is 17.8. The molecule has 2 aromatic rings. The van der Waals surface area contributed by atoms with Crippen LogP contribution < -0.4 is 5.43 Å². The average molecular weight is 368 g/mol. The van der Waals surface area contributed by atoms with E-state index >= 15 is 0 Å². The molecule has 25 heavy (non-hydrogen) atoms. The van der Waals surface area contributed by atoms with Crippen LogP contribution in [0.1, 0.15) is 16.7 Å². The van der Waals surface area contributed by atoms with Crippen molar-refractivity contribution in [3.63, 3.8) is 0 Å². The van der Waals surface area contributed by atoms with E-state index < -0.39 is 0 Å². The molecule has 1 aliphatic rings. The molecule has 126 valence electrons. The van der Waals surface area contributed by atoms with Crippen molar-refractivity contribution in [1.82, 2.24) is 10.4 Å². The van der Waals surface area contributed by atoms with Crippen LogP contribution in [0.15, 0.2) is 59.5 Å². The second-order valence-corrected chi connectivity index (χ2v) is 7.30. The molecule has 2 aromatic carbocycles. The smallest absolute Gasteiger partial charge is 0.273 e. The molecule has 1 fully saturated rings. The summed E-state index contributed by atoms with van der Waals surface area (Å²) in [5, 5.41) is 1.15. The van der Waals surface area contributed by atoms with Gasteiger partial charge in [0.1, 0.15) is 0 Å². The fourth-order valence-corrected chi connectivity index (χ4v) is 3.60. The number of hydrogen-bond acceptors (Lipinski definition) is 4. The topological polar surface area (TPSA) is 49.4 Å². The number of thiocarbonyl (C=S) groups is 1. The Kier molecular flexibility index (Phi) is 5.31. The molecule has 1 aliphatic heterocycles. The van der Waals surface area contributed by atoms with Crippen LogP contribution in [0.5, 0.6) is 0 Å². The highest BCUT2D eigenvalue weighted by Crippen LogP contribution is 2.31. The van der Waals surface area contributed by atoms with Crippen molar-refractivity contribution in [3.05, 3.63) is 76.2 Å². The maximum Gasteiger partial charge on any atom is 0.285 e. The van der Waals surface area contributed by atoms with E-state index in [-0.39, 0.29) is 18.2 Å². The first-order valence-corrected chi connectivity index (χ1v) is 8.93. The summed E-state index contributed by atoms with van der Waals surface area (Å²) in [7, 11) is 0. The molecule has 0 spiro atoms. The minimum Gasteiger partial charge on any atom is -0.273 e. The van der Waals surface area contributed by atoms with E-state index in [0.717, 1.165) is 21.7 Å². The van der Waals surface area contributed by atoms with E-state index in [1.54, 1.807) is 6.08 Å². The van der Waals surface area contributed by atoms with Crippen LogP contribution in [-0.4, -0.2) is 21.1 Å². The Hall–Kier alpha value is -2.44. The second-order valence-electron chi connectivity index (χ2n) is 5.63. The average Bonchev–Trinajstić information content (AvgIpc) is 2.83. The maximum atomic E-state index is 12.5. The van der Waals surface area contributed by atoms with E-state index in [4.69, 9.17) is 12.2 Å². The minimum atomic E-state index is -0.307. The Morgan fingerprint density at radius 3 is 2.68 bits per heavy atom. The van der Waals surface area contributed by atoms with Crippen molar-refractivity contribution in [2.45, 2.75) is 13.3 Å². The van der Waals surface area contributed by atoms with Crippen LogP contribution in [0.3, 0.4) is 0 Å². The number of amides is 2. The fourth-order valence-electron chi connectivity index (χ4n) is 2.42. The van der Waals surface area contributed by atoms with Crippen molar-refractivity contribution >= 4 is 46.2 Å². The molecule has 0 bridgehead atoms. The molecule has 0 aromatic heterocycles. The van der Waals surface area contributed by atoms with Crippen molar-refractivity contribution in [3.8, 4) is 0 Å². The summed E-state index contributed by atoms with van der Waals surface area (Å²) >= 11 is 6.42. The molecule has 0 radical (unpaired) electrons. The number of hydrogen-bond donors (Lipinski definition) is 1. The molecule has 1 saturated heterocycles. The van der Waals surface area contributed by atoms with Crippen LogP contribution in [0.25, 0.3) is 6.08 Å². The van der Waals surface area contributed by atoms with Crippen molar-refractivity contribution < 1.29 is 9.59 Å². The summed E-state index contributed by atoms with van der Waals surface area (Å²) < 4.78 is 0.324. The predicted octanol–water partition coefficient (Wildman–Crippen LogP) is 3.47. The van der Waals surface area contributed by atoms with Gasteiger partial charge in [-0.1, -0.05) is 71.9 Å². The molecule has 0 atom stereocenters. The van der Waals surface area contributed by atoms with E-state index in [1.807, 2.05) is 61.5 Å². The third-order valence-corrected chi connectivity index (χ3v) is 4.88. The van der Waals surface area contributed by atoms with E-state index in [9.17, 15) is 9.59 Å². The summed E-state index contributed by atoms with van der Waals surface area (Å²) in [6.07, 6.45) is 1.98. The summed E-state index contributed by atoms with van der Waals surface area (Å²) in [6.45, 7) is 1.99.